The van der Waals surface area contributed by atoms with Crippen LogP contribution >= 0.6 is 0 Å². The predicted octanol–water partition coefficient (Wildman–Crippen LogP) is 7.40. The van der Waals surface area contributed by atoms with E-state index in [0.717, 1.165) is 5.56 Å². The molecule has 0 aromatic heterocycles. The molecule has 0 fully saturated rings. The Hall–Kier alpha value is -6.16. The van der Waals surface area contributed by atoms with Gasteiger partial charge in [0.2, 0.25) is 0 Å². The minimum atomic E-state index is -2.07. The topological polar surface area (TPSA) is 223 Å². The lowest BCUT2D eigenvalue weighted by Crippen LogP contribution is -2.46. The summed E-state index contributed by atoms with van der Waals surface area (Å²) >= 11 is 0. The number of esters is 1. The Labute approximate surface area is 373 Å². The first-order chi connectivity index (χ1) is 30.2. The van der Waals surface area contributed by atoms with E-state index in [-0.39, 0.29) is 51.1 Å². The molecule has 6 rings (SSSR count). The number of rotatable bonds is 8. The van der Waals surface area contributed by atoms with Crippen molar-refractivity contribution in [3.8, 4) is 23.0 Å². The van der Waals surface area contributed by atoms with Crippen LogP contribution in [-0.4, -0.2) is 92.8 Å². The van der Waals surface area contributed by atoms with Gasteiger partial charge in [0.25, 0.3) is 11.7 Å². The third-order valence-electron chi connectivity index (χ3n) is 12.1. The third kappa shape index (κ3) is 10.3. The molecule has 15 nitrogen and oxygen atoms in total. The summed E-state index contributed by atoms with van der Waals surface area (Å²) in [6.45, 7) is 14.4. The zero-order chi connectivity index (χ0) is 47.2. The fraction of sp³-hybridized carbons (Fsp3) is 0.429. The highest BCUT2D eigenvalue weighted by Gasteiger charge is 2.50. The summed E-state index contributed by atoms with van der Waals surface area (Å²) in [6.07, 6.45) is 6.93. The first-order valence-electron chi connectivity index (χ1n) is 21.2. The highest BCUT2D eigenvalue weighted by molar-refractivity contribution is 6.23. The molecule has 3 heterocycles. The second-order valence-electron chi connectivity index (χ2n) is 16.8. The van der Waals surface area contributed by atoms with Gasteiger partial charge >= 0.3 is 11.8 Å². The molecule has 3 aliphatic heterocycles. The number of fused-ring (bicyclic) bond motifs is 14. The molecule has 3 aromatic carbocycles. The summed E-state index contributed by atoms with van der Waals surface area (Å²) < 4.78 is 23.6. The van der Waals surface area contributed by atoms with Gasteiger partial charge in [-0.25, -0.2) is 0 Å². The Morgan fingerprint density at radius 2 is 1.61 bits per heavy atom. The van der Waals surface area contributed by atoms with Crippen molar-refractivity contribution < 1.29 is 63.7 Å². The molecular formula is C49H60N2O13. The first-order valence-corrected chi connectivity index (χ1v) is 21.2. The van der Waals surface area contributed by atoms with Crippen molar-refractivity contribution in [1.29, 1.82) is 0 Å². The van der Waals surface area contributed by atoms with Crippen LogP contribution in [0.3, 0.4) is 0 Å². The summed E-state index contributed by atoms with van der Waals surface area (Å²) in [6, 6.07) is 9.70. The van der Waals surface area contributed by atoms with Crippen LogP contribution in [0.4, 0.5) is 5.69 Å². The van der Waals surface area contributed by atoms with E-state index in [4.69, 9.17) is 23.8 Å². The third-order valence-corrected chi connectivity index (χ3v) is 12.1. The average molecular weight is 885 g/mol. The number of amides is 1. The number of benzene rings is 3. The largest absolute Gasteiger partial charge is 0.507 e. The lowest BCUT2D eigenvalue weighted by atomic mass is 9.78. The number of hydrogen-bond donors (Lipinski definition) is 6. The lowest BCUT2D eigenvalue weighted by molar-refractivity contribution is -0.160. The van der Waals surface area contributed by atoms with Gasteiger partial charge in [0.1, 0.15) is 30.0 Å². The van der Waals surface area contributed by atoms with Gasteiger partial charge in [0.15, 0.2) is 5.75 Å². The molecule has 0 saturated carbocycles. The number of hydrogen-bond acceptors (Lipinski definition) is 14. The number of ether oxygens (including phenoxy) is 4. The normalized spacial score (nSPS) is 28.1. The van der Waals surface area contributed by atoms with E-state index in [9.17, 15) is 39.9 Å². The van der Waals surface area contributed by atoms with E-state index >= 15 is 0 Å². The molecule has 1 amide bonds. The smallest absolute Gasteiger partial charge is 0.312 e. The molecule has 0 aliphatic carbocycles. The van der Waals surface area contributed by atoms with Gasteiger partial charge in [-0.2, -0.15) is 0 Å². The number of nitrogens with one attached hydrogen (secondary N) is 1. The van der Waals surface area contributed by atoms with Crippen LogP contribution in [0.25, 0.3) is 16.8 Å². The molecule has 3 aliphatic rings. The maximum Gasteiger partial charge on any atom is 0.312 e. The zero-order valence-corrected chi connectivity index (χ0v) is 37.9. The molecule has 9 atom stereocenters. The van der Waals surface area contributed by atoms with Gasteiger partial charge in [-0.1, -0.05) is 81.4 Å². The summed E-state index contributed by atoms with van der Waals surface area (Å²) in [5.74, 6) is -8.56. The maximum absolute atomic E-state index is 14.5. The molecule has 64 heavy (non-hydrogen) atoms. The number of aliphatic hydroxyl groups excluding tert-OH is 2. The Morgan fingerprint density at radius 3 is 2.27 bits per heavy atom. The van der Waals surface area contributed by atoms with Crippen LogP contribution in [0, 0.1) is 30.6 Å². The molecule has 3 aromatic rings. The summed E-state index contributed by atoms with van der Waals surface area (Å²) in [7, 11) is 1.43. The number of carbonyl (C=O) groups excluding carboxylic acids is 3. The molecule has 0 saturated heterocycles. The number of nitrogens with zero attached hydrogens (tertiary/aromatic N) is 1. The molecule has 5 bridgehead atoms. The van der Waals surface area contributed by atoms with Crippen LogP contribution in [0.5, 0.6) is 23.0 Å². The monoisotopic (exact) mass is 884 g/mol. The van der Waals surface area contributed by atoms with E-state index < -0.39 is 88.8 Å². The summed E-state index contributed by atoms with van der Waals surface area (Å²) in [5, 5.41) is 64.9. The Balaban J connectivity index is 1.66. The molecule has 6 N–H and O–H groups in total. The number of aromatic hydroxyl groups is 3. The molecule has 344 valence electrons. The first kappa shape index (κ1) is 48.9. The average Bonchev–Trinajstić information content (AvgIpc) is 3.53. The number of oxime groups is 1. The van der Waals surface area contributed by atoms with Gasteiger partial charge in [0, 0.05) is 73.1 Å². The number of aliphatic hydroxyl groups is 2. The van der Waals surface area contributed by atoms with Gasteiger partial charge in [0.05, 0.1) is 46.9 Å². The summed E-state index contributed by atoms with van der Waals surface area (Å²) in [4.78, 5) is 46.2. The predicted molar refractivity (Wildman–Crippen MR) is 242 cm³/mol. The molecule has 9 unspecified atom stereocenters. The van der Waals surface area contributed by atoms with Gasteiger partial charge in [-0.15, -0.1) is 0 Å². The number of methoxy groups -OCH3 is 1. The molecular weight excluding hydrogens is 825 g/mol. The highest BCUT2D eigenvalue weighted by Crippen LogP contribution is 2.55. The maximum atomic E-state index is 14.5. The van der Waals surface area contributed by atoms with Crippen molar-refractivity contribution in [3.05, 3.63) is 94.8 Å². The van der Waals surface area contributed by atoms with Crippen molar-refractivity contribution in [1.82, 2.24) is 0 Å². The lowest BCUT2D eigenvalue weighted by Gasteiger charge is -2.38. The number of phenols is 3. The summed E-state index contributed by atoms with van der Waals surface area (Å²) in [5.41, 5.74) is 0.972. The minimum Gasteiger partial charge on any atom is -0.507 e. The van der Waals surface area contributed by atoms with E-state index in [0.29, 0.717) is 12.1 Å². The SMILES string of the molecule is COC1/C=C/OC2(C)Oc3c(C)c(O)c4c(O)c(c(/C=C\C(C)=N/OCCc5ccccc5)c(O)c4c3C2=O)NC(=O)C(C)=C/C=C/C(C)C(O)C(C)C(O)C(C)C(OC(C)=O)C1C. The minimum absolute atomic E-state index is 0.0375. The number of ketones is 1. The quantitative estimate of drug-likeness (QED) is 0.0325. The van der Waals surface area contributed by atoms with E-state index in [1.165, 1.54) is 65.4 Å². The fourth-order valence-electron chi connectivity index (χ4n) is 8.10. The second kappa shape index (κ2) is 20.6. The van der Waals surface area contributed by atoms with Gasteiger partial charge < -0.3 is 54.6 Å². The number of carbonyl (C=O) groups is 3. The van der Waals surface area contributed by atoms with Crippen molar-refractivity contribution >= 4 is 45.9 Å². The number of allylic oxidation sites excluding steroid dienone is 3. The van der Waals surface area contributed by atoms with Crippen molar-refractivity contribution in [3.63, 3.8) is 0 Å². The van der Waals surface area contributed by atoms with Crippen LogP contribution in [0.15, 0.2) is 77.7 Å². The van der Waals surface area contributed by atoms with E-state index in [1.54, 1.807) is 46.8 Å². The molecule has 15 heteroatoms. The van der Waals surface area contributed by atoms with Crippen molar-refractivity contribution in [2.75, 3.05) is 19.0 Å². The van der Waals surface area contributed by atoms with Gasteiger partial charge in [-0.05, 0) is 44.6 Å². The van der Waals surface area contributed by atoms with Crippen molar-refractivity contribution in [2.45, 2.75) is 98.9 Å². The van der Waals surface area contributed by atoms with Crippen LogP contribution in [-0.2, 0) is 35.1 Å². The van der Waals surface area contributed by atoms with E-state index in [2.05, 4.69) is 10.5 Å². The van der Waals surface area contributed by atoms with Crippen LogP contribution < -0.4 is 10.1 Å². The second-order valence-corrected chi connectivity index (χ2v) is 16.8. The Morgan fingerprint density at radius 1 is 0.922 bits per heavy atom. The number of anilines is 1. The standard InChI is InChI=1S/C49H60N2O13/c1-25-15-14-16-26(2)48(59)50-39-34(20-19-27(3)51-62-24-21-33-17-12-11-13-18-33)43(56)36-37(44(39)57)42(55)31(7)46-38(36)47(58)49(9,64-46)61-23-22-35(60-10)28(4)45(63-32(8)52)30(6)41(54)29(5)40(25)53/h11-20,22-23,25,28-30,35,40-41,45,53-57H,21,24H2,1-10H3,(H,50,59)/b15-14+,20-19-,23-22+,26-16?,51-27-. The molecule has 0 radical (unpaired) electrons. The molecule has 0 spiro atoms. The fourth-order valence-corrected chi connectivity index (χ4v) is 8.10. The van der Waals surface area contributed by atoms with Gasteiger partial charge in [-0.3, -0.25) is 14.4 Å². The zero-order valence-electron chi connectivity index (χ0n) is 37.9. The van der Waals surface area contributed by atoms with Crippen LogP contribution in [0.1, 0.15) is 82.4 Å². The van der Waals surface area contributed by atoms with Crippen molar-refractivity contribution in [2.24, 2.45) is 28.8 Å². The highest BCUT2D eigenvalue weighted by atomic mass is 16.7. The number of Topliss-reactive ketones (excluding diaryl/α,β-unsaturated/α-hetero) is 1. The van der Waals surface area contributed by atoms with E-state index in [1.807, 2.05) is 30.3 Å². The Kier molecular flexibility index (Phi) is 15.7. The number of phenolic OH excluding ortho intramolecular Hbond substituents is 3. The Bertz CT molecular complexity index is 2390. The van der Waals surface area contributed by atoms with Crippen LogP contribution in [0.2, 0.25) is 0 Å².